The molecular formula is C5H5FN2O. The zero-order valence-corrected chi connectivity index (χ0v) is 4.54. The van der Waals surface area contributed by atoms with Gasteiger partial charge in [-0.15, -0.1) is 0 Å². The van der Waals surface area contributed by atoms with Crippen LogP contribution in [0.25, 0.3) is 0 Å². The molecule has 0 fully saturated rings. The number of imidazole rings is 1. The van der Waals surface area contributed by atoms with E-state index in [1.165, 1.54) is 12.4 Å². The van der Waals surface area contributed by atoms with Gasteiger partial charge in [0.1, 0.15) is 5.82 Å². The van der Waals surface area contributed by atoms with Gasteiger partial charge in [-0.1, -0.05) is 0 Å². The van der Waals surface area contributed by atoms with Gasteiger partial charge in [0.15, 0.2) is 6.29 Å². The number of rotatable bonds is 2. The quantitative estimate of drug-likeness (QED) is 0.593. The normalized spacial score (nSPS) is 13.0. The van der Waals surface area contributed by atoms with Gasteiger partial charge >= 0.3 is 0 Å². The Bertz CT molecular complexity index is 185. The molecule has 1 N–H and O–H groups in total. The average Bonchev–Trinajstić information content (AvgIpc) is 2.37. The van der Waals surface area contributed by atoms with E-state index in [-0.39, 0.29) is 12.1 Å². The monoisotopic (exact) mass is 128 g/mol. The topological polar surface area (TPSA) is 45.8 Å². The summed E-state index contributed by atoms with van der Waals surface area (Å²) in [5, 5.41) is 0. The lowest BCUT2D eigenvalue weighted by molar-refractivity contribution is -0.112. The molecule has 1 aromatic rings. The summed E-state index contributed by atoms with van der Waals surface area (Å²) in [6.45, 7) is 0. The molecule has 1 rings (SSSR count). The Morgan fingerprint density at radius 1 is 1.89 bits per heavy atom. The summed E-state index contributed by atoms with van der Waals surface area (Å²) < 4.78 is 12.2. The average molecular weight is 128 g/mol. The molecule has 9 heavy (non-hydrogen) atoms. The number of alkyl halides is 1. The Balaban J connectivity index is 2.76. The molecule has 0 aliphatic heterocycles. The number of hydrogen-bond donors (Lipinski definition) is 1. The molecule has 48 valence electrons. The number of aromatic amines is 1. The lowest BCUT2D eigenvalue weighted by Crippen LogP contribution is -1.93. The summed E-state index contributed by atoms with van der Waals surface area (Å²) in [6, 6.07) is 0. The smallest absolute Gasteiger partial charge is 0.212 e. The molecule has 0 saturated carbocycles. The number of nitrogens with zero attached hydrogens (tertiary/aromatic N) is 1. The van der Waals surface area contributed by atoms with Crippen molar-refractivity contribution < 1.29 is 9.18 Å². The third kappa shape index (κ3) is 1.13. The Morgan fingerprint density at radius 2 is 2.67 bits per heavy atom. The molecule has 4 heteroatoms. The number of hydrogen-bond acceptors (Lipinski definition) is 2. The van der Waals surface area contributed by atoms with Gasteiger partial charge in [-0.3, -0.25) is 4.79 Å². The van der Waals surface area contributed by atoms with Crippen LogP contribution in [0.5, 0.6) is 0 Å². The van der Waals surface area contributed by atoms with Crippen molar-refractivity contribution in [1.82, 2.24) is 9.97 Å². The van der Waals surface area contributed by atoms with E-state index in [0.717, 1.165) is 0 Å². The number of aldehydes is 1. The standard InChI is InChI=1S/C5H5FN2O/c6-4(3-9)5-7-1-2-8-5/h1-4H,(H,7,8). The first kappa shape index (κ1) is 5.94. The minimum atomic E-state index is -1.61. The van der Waals surface area contributed by atoms with E-state index in [1.54, 1.807) is 0 Å². The van der Waals surface area contributed by atoms with Crippen LogP contribution in [-0.2, 0) is 4.79 Å². The van der Waals surface area contributed by atoms with E-state index < -0.39 is 6.17 Å². The minimum absolute atomic E-state index is 0.0602. The molecule has 0 saturated heterocycles. The SMILES string of the molecule is O=CC(F)c1ncc[nH]1. The van der Waals surface area contributed by atoms with Crippen molar-refractivity contribution in [2.45, 2.75) is 6.17 Å². The summed E-state index contributed by atoms with van der Waals surface area (Å²) in [7, 11) is 0. The lowest BCUT2D eigenvalue weighted by Gasteiger charge is -1.90. The Hall–Kier alpha value is -1.19. The molecule has 3 nitrogen and oxygen atoms in total. The summed E-state index contributed by atoms with van der Waals surface area (Å²) in [5.74, 6) is 0.0602. The molecule has 1 unspecified atom stereocenters. The molecule has 1 atom stereocenters. The Labute approximate surface area is 50.9 Å². The predicted octanol–water partition coefficient (Wildman–Crippen LogP) is 0.619. The van der Waals surface area contributed by atoms with E-state index in [1.807, 2.05) is 0 Å². The van der Waals surface area contributed by atoms with E-state index in [0.29, 0.717) is 0 Å². The van der Waals surface area contributed by atoms with Crippen LogP contribution in [0.4, 0.5) is 4.39 Å². The molecule has 0 aliphatic rings. The fourth-order valence-corrected chi connectivity index (χ4v) is 0.493. The maximum atomic E-state index is 12.2. The maximum Gasteiger partial charge on any atom is 0.212 e. The van der Waals surface area contributed by atoms with Crippen LogP contribution in [-0.4, -0.2) is 16.3 Å². The van der Waals surface area contributed by atoms with Gasteiger partial charge in [-0.2, -0.15) is 0 Å². The number of halogens is 1. The fourth-order valence-electron chi connectivity index (χ4n) is 0.493. The van der Waals surface area contributed by atoms with Crippen LogP contribution in [0.15, 0.2) is 12.4 Å². The molecule has 1 heterocycles. The van der Waals surface area contributed by atoms with Crippen LogP contribution in [0.2, 0.25) is 0 Å². The van der Waals surface area contributed by atoms with Crippen molar-refractivity contribution in [2.75, 3.05) is 0 Å². The minimum Gasteiger partial charge on any atom is -0.346 e. The number of aromatic nitrogens is 2. The van der Waals surface area contributed by atoms with Crippen molar-refractivity contribution in [3.05, 3.63) is 18.2 Å². The summed E-state index contributed by atoms with van der Waals surface area (Å²) >= 11 is 0. The van der Waals surface area contributed by atoms with Crippen LogP contribution in [0.1, 0.15) is 12.0 Å². The summed E-state index contributed by atoms with van der Waals surface area (Å²) in [6.07, 6.45) is 1.44. The third-order valence-electron chi connectivity index (χ3n) is 0.900. The zero-order valence-electron chi connectivity index (χ0n) is 4.54. The Morgan fingerprint density at radius 3 is 3.11 bits per heavy atom. The molecule has 1 aromatic heterocycles. The second-order valence-corrected chi connectivity index (χ2v) is 1.51. The molecule has 0 bridgehead atoms. The molecule has 0 spiro atoms. The van der Waals surface area contributed by atoms with E-state index in [9.17, 15) is 9.18 Å². The van der Waals surface area contributed by atoms with Crippen molar-refractivity contribution in [3.8, 4) is 0 Å². The van der Waals surface area contributed by atoms with Crippen molar-refractivity contribution >= 4 is 6.29 Å². The first-order valence-electron chi connectivity index (χ1n) is 2.43. The second-order valence-electron chi connectivity index (χ2n) is 1.51. The van der Waals surface area contributed by atoms with Gasteiger partial charge in [0.2, 0.25) is 6.17 Å². The fraction of sp³-hybridized carbons (Fsp3) is 0.200. The van der Waals surface area contributed by atoms with Crippen LogP contribution >= 0.6 is 0 Å². The number of nitrogens with one attached hydrogen (secondary N) is 1. The van der Waals surface area contributed by atoms with Crippen LogP contribution in [0.3, 0.4) is 0 Å². The van der Waals surface area contributed by atoms with Gasteiger partial charge < -0.3 is 4.98 Å². The van der Waals surface area contributed by atoms with Gasteiger partial charge in [0.05, 0.1) is 0 Å². The van der Waals surface area contributed by atoms with Crippen molar-refractivity contribution in [2.24, 2.45) is 0 Å². The highest BCUT2D eigenvalue weighted by Crippen LogP contribution is 2.06. The highest BCUT2D eigenvalue weighted by molar-refractivity contribution is 5.57. The van der Waals surface area contributed by atoms with E-state index in [4.69, 9.17) is 0 Å². The molecular weight excluding hydrogens is 123 g/mol. The van der Waals surface area contributed by atoms with Crippen LogP contribution < -0.4 is 0 Å². The van der Waals surface area contributed by atoms with E-state index in [2.05, 4.69) is 9.97 Å². The molecule has 0 amide bonds. The predicted molar refractivity (Wildman–Crippen MR) is 28.5 cm³/mol. The van der Waals surface area contributed by atoms with Crippen molar-refractivity contribution in [1.29, 1.82) is 0 Å². The van der Waals surface area contributed by atoms with Gasteiger partial charge in [0.25, 0.3) is 0 Å². The summed E-state index contributed by atoms with van der Waals surface area (Å²) in [5.41, 5.74) is 0. The first-order chi connectivity index (χ1) is 4.34. The highest BCUT2D eigenvalue weighted by Gasteiger charge is 2.08. The highest BCUT2D eigenvalue weighted by atomic mass is 19.1. The number of carbonyl (C=O) groups excluding carboxylic acids is 1. The lowest BCUT2D eigenvalue weighted by atomic mass is 10.4. The maximum absolute atomic E-state index is 12.2. The molecule has 0 aromatic carbocycles. The Kier molecular flexibility index (Phi) is 1.58. The summed E-state index contributed by atoms with van der Waals surface area (Å²) in [4.78, 5) is 15.8. The largest absolute Gasteiger partial charge is 0.346 e. The number of H-pyrrole nitrogens is 1. The van der Waals surface area contributed by atoms with Gasteiger partial charge in [-0.05, 0) is 0 Å². The number of carbonyl (C=O) groups is 1. The second kappa shape index (κ2) is 2.39. The molecule has 0 aliphatic carbocycles. The van der Waals surface area contributed by atoms with E-state index >= 15 is 0 Å². The zero-order chi connectivity index (χ0) is 6.69. The first-order valence-corrected chi connectivity index (χ1v) is 2.43. The molecule has 0 radical (unpaired) electrons. The van der Waals surface area contributed by atoms with Gasteiger partial charge in [-0.25, -0.2) is 9.37 Å². The third-order valence-corrected chi connectivity index (χ3v) is 0.900. The van der Waals surface area contributed by atoms with Gasteiger partial charge in [0, 0.05) is 12.4 Å². The van der Waals surface area contributed by atoms with Crippen LogP contribution in [0, 0.1) is 0 Å². The van der Waals surface area contributed by atoms with Crippen molar-refractivity contribution in [3.63, 3.8) is 0 Å².